The second-order valence-electron chi connectivity index (χ2n) is 4.02. The third-order valence-electron chi connectivity index (χ3n) is 2.90. The molecule has 0 saturated heterocycles. The fraction of sp³-hybridized carbons (Fsp3) is 0.889. The average Bonchev–Trinajstić information content (AvgIpc) is 2.32. The fourth-order valence-corrected chi connectivity index (χ4v) is 2.20. The third kappa shape index (κ3) is 1.97. The molecule has 1 rings (SSSR count). The van der Waals surface area contributed by atoms with E-state index < -0.39 is 0 Å². The van der Waals surface area contributed by atoms with Gasteiger partial charge in [0, 0.05) is 12.0 Å². The lowest BCUT2D eigenvalue weighted by atomic mass is 9.92. The summed E-state index contributed by atoms with van der Waals surface area (Å²) in [4.78, 5) is 10.8. The number of nitrogens with one attached hydrogen (secondary N) is 1. The maximum atomic E-state index is 10.8. The monoisotopic (exact) mass is 170 g/mol. The van der Waals surface area contributed by atoms with Crippen molar-refractivity contribution in [3.63, 3.8) is 0 Å². The molecule has 70 valence electrons. The highest BCUT2D eigenvalue weighted by atomic mass is 16.1. The zero-order valence-corrected chi connectivity index (χ0v) is 7.89. The first-order chi connectivity index (χ1) is 5.58. The van der Waals surface area contributed by atoms with Crippen LogP contribution in [0.15, 0.2) is 0 Å². The molecule has 0 spiro atoms. The molecule has 0 aromatic carbocycles. The van der Waals surface area contributed by atoms with Crippen LogP contribution in [0, 0.1) is 5.92 Å². The first-order valence-electron chi connectivity index (χ1n) is 4.55. The summed E-state index contributed by atoms with van der Waals surface area (Å²) in [5, 5.41) is 3.24. The summed E-state index contributed by atoms with van der Waals surface area (Å²) in [7, 11) is 1.92. The molecule has 1 fully saturated rings. The van der Waals surface area contributed by atoms with Crippen LogP contribution in [0.4, 0.5) is 0 Å². The molecule has 12 heavy (non-hydrogen) atoms. The predicted octanol–water partition coefficient (Wildman–Crippen LogP) is 0.640. The number of amides is 1. The average molecular weight is 170 g/mol. The van der Waals surface area contributed by atoms with E-state index in [9.17, 15) is 4.79 Å². The molecule has 1 aliphatic rings. The van der Waals surface area contributed by atoms with E-state index in [-0.39, 0.29) is 11.4 Å². The van der Waals surface area contributed by atoms with Gasteiger partial charge in [0.05, 0.1) is 0 Å². The molecule has 3 nitrogen and oxygen atoms in total. The Kier molecular flexibility index (Phi) is 2.73. The van der Waals surface area contributed by atoms with Gasteiger partial charge in [0.1, 0.15) is 0 Å². The van der Waals surface area contributed by atoms with Crippen LogP contribution in [-0.2, 0) is 4.79 Å². The largest absolute Gasteiger partial charge is 0.370 e. The lowest BCUT2D eigenvalue weighted by Gasteiger charge is -2.27. The molecule has 2 atom stereocenters. The van der Waals surface area contributed by atoms with E-state index in [4.69, 9.17) is 5.73 Å². The topological polar surface area (TPSA) is 55.1 Å². The number of carbonyl (C=O) groups is 1. The van der Waals surface area contributed by atoms with Gasteiger partial charge in [0.2, 0.25) is 5.91 Å². The molecule has 3 N–H and O–H groups in total. The van der Waals surface area contributed by atoms with Gasteiger partial charge in [0.15, 0.2) is 0 Å². The molecule has 1 amide bonds. The van der Waals surface area contributed by atoms with Crippen LogP contribution in [0.5, 0.6) is 0 Å². The van der Waals surface area contributed by atoms with Gasteiger partial charge in [-0.1, -0.05) is 6.92 Å². The van der Waals surface area contributed by atoms with Crippen molar-refractivity contribution in [1.82, 2.24) is 5.32 Å². The maximum absolute atomic E-state index is 10.8. The zero-order valence-electron chi connectivity index (χ0n) is 7.89. The predicted molar refractivity (Wildman–Crippen MR) is 48.6 cm³/mol. The minimum atomic E-state index is -0.196. The summed E-state index contributed by atoms with van der Waals surface area (Å²) in [5.74, 6) is 0.523. The number of rotatable bonds is 3. The Morgan fingerprint density at radius 1 is 1.75 bits per heavy atom. The minimum Gasteiger partial charge on any atom is -0.370 e. The lowest BCUT2D eigenvalue weighted by molar-refractivity contribution is -0.119. The Labute approximate surface area is 73.7 Å². The van der Waals surface area contributed by atoms with Crippen molar-refractivity contribution in [3.8, 4) is 0 Å². The van der Waals surface area contributed by atoms with Gasteiger partial charge in [0.25, 0.3) is 0 Å². The van der Waals surface area contributed by atoms with Crippen LogP contribution in [-0.4, -0.2) is 18.5 Å². The van der Waals surface area contributed by atoms with E-state index in [0.29, 0.717) is 6.42 Å². The zero-order chi connectivity index (χ0) is 9.19. The number of hydrogen-bond acceptors (Lipinski definition) is 2. The van der Waals surface area contributed by atoms with Gasteiger partial charge in [-0.25, -0.2) is 0 Å². The van der Waals surface area contributed by atoms with Gasteiger partial charge in [-0.2, -0.15) is 0 Å². The number of hydrogen-bond donors (Lipinski definition) is 2. The highest BCUT2D eigenvalue weighted by Gasteiger charge is 2.36. The van der Waals surface area contributed by atoms with Crippen LogP contribution in [0.1, 0.15) is 32.6 Å². The summed E-state index contributed by atoms with van der Waals surface area (Å²) in [6, 6.07) is 0. The van der Waals surface area contributed by atoms with Crippen LogP contribution in [0.2, 0.25) is 0 Å². The van der Waals surface area contributed by atoms with Crippen molar-refractivity contribution in [2.45, 2.75) is 38.1 Å². The van der Waals surface area contributed by atoms with Gasteiger partial charge in [-0.3, -0.25) is 4.79 Å². The van der Waals surface area contributed by atoms with Crippen molar-refractivity contribution in [2.75, 3.05) is 7.05 Å². The Morgan fingerprint density at radius 2 is 2.42 bits per heavy atom. The van der Waals surface area contributed by atoms with E-state index in [1.165, 1.54) is 6.42 Å². The van der Waals surface area contributed by atoms with Crippen molar-refractivity contribution in [1.29, 1.82) is 0 Å². The van der Waals surface area contributed by atoms with Crippen molar-refractivity contribution in [3.05, 3.63) is 0 Å². The first-order valence-corrected chi connectivity index (χ1v) is 4.55. The van der Waals surface area contributed by atoms with Crippen LogP contribution in [0.3, 0.4) is 0 Å². The Bertz CT molecular complexity index is 181. The smallest absolute Gasteiger partial charge is 0.219 e. The number of carbonyl (C=O) groups excluding carboxylic acids is 1. The van der Waals surface area contributed by atoms with Crippen LogP contribution < -0.4 is 11.1 Å². The van der Waals surface area contributed by atoms with Gasteiger partial charge >= 0.3 is 0 Å². The standard InChI is InChI=1S/C9H18N2O/c1-7-3-4-9(5-7,11-2)6-8(10)12/h7,11H,3-6H2,1-2H3,(H2,10,12). The van der Waals surface area contributed by atoms with Crippen molar-refractivity contribution in [2.24, 2.45) is 11.7 Å². The minimum absolute atomic E-state index is 0.00521. The summed E-state index contributed by atoms with van der Waals surface area (Å²) in [6.07, 6.45) is 3.84. The molecular weight excluding hydrogens is 152 g/mol. The summed E-state index contributed by atoms with van der Waals surface area (Å²) in [6.45, 7) is 2.22. The molecule has 0 radical (unpaired) electrons. The summed E-state index contributed by atoms with van der Waals surface area (Å²) >= 11 is 0. The number of nitrogens with two attached hydrogens (primary N) is 1. The van der Waals surface area contributed by atoms with Gasteiger partial charge in [-0.05, 0) is 32.2 Å². The molecule has 2 unspecified atom stereocenters. The summed E-state index contributed by atoms with van der Waals surface area (Å²) < 4.78 is 0. The molecule has 0 aliphatic heterocycles. The Balaban J connectivity index is 2.58. The molecule has 0 aromatic heterocycles. The molecule has 3 heteroatoms. The molecule has 1 saturated carbocycles. The van der Waals surface area contributed by atoms with Crippen molar-refractivity contribution >= 4 is 5.91 Å². The van der Waals surface area contributed by atoms with Crippen LogP contribution >= 0.6 is 0 Å². The quantitative estimate of drug-likeness (QED) is 0.653. The third-order valence-corrected chi connectivity index (χ3v) is 2.90. The molecule has 0 heterocycles. The molecule has 1 aliphatic carbocycles. The Morgan fingerprint density at radius 3 is 2.75 bits per heavy atom. The van der Waals surface area contributed by atoms with E-state index in [2.05, 4.69) is 12.2 Å². The van der Waals surface area contributed by atoms with E-state index in [1.807, 2.05) is 7.05 Å². The fourth-order valence-electron chi connectivity index (χ4n) is 2.20. The lowest BCUT2D eigenvalue weighted by Crippen LogP contribution is -2.43. The highest BCUT2D eigenvalue weighted by Crippen LogP contribution is 2.36. The molecule has 0 aromatic rings. The molecule has 0 bridgehead atoms. The van der Waals surface area contributed by atoms with Crippen LogP contribution in [0.25, 0.3) is 0 Å². The number of primary amides is 1. The van der Waals surface area contributed by atoms with E-state index in [1.54, 1.807) is 0 Å². The second kappa shape index (κ2) is 3.44. The van der Waals surface area contributed by atoms with Crippen molar-refractivity contribution < 1.29 is 4.79 Å². The van der Waals surface area contributed by atoms with E-state index >= 15 is 0 Å². The SMILES string of the molecule is CNC1(CC(N)=O)CCC(C)C1. The highest BCUT2D eigenvalue weighted by molar-refractivity contribution is 5.75. The van der Waals surface area contributed by atoms with Gasteiger partial charge in [-0.15, -0.1) is 0 Å². The maximum Gasteiger partial charge on any atom is 0.219 e. The second-order valence-corrected chi connectivity index (χ2v) is 4.02. The summed E-state index contributed by atoms with van der Waals surface area (Å²) in [5.41, 5.74) is 5.20. The Hall–Kier alpha value is -0.570. The van der Waals surface area contributed by atoms with E-state index in [0.717, 1.165) is 18.8 Å². The first kappa shape index (κ1) is 9.52. The van der Waals surface area contributed by atoms with Gasteiger partial charge < -0.3 is 11.1 Å². The normalized spacial score (nSPS) is 35.3. The molecular formula is C9H18N2O.